The van der Waals surface area contributed by atoms with E-state index >= 15 is 0 Å². The molecule has 5 aromatic heterocycles. The van der Waals surface area contributed by atoms with E-state index in [1.807, 2.05) is 78.8 Å². The number of carbonyl (C=O) groups excluding carboxylic acids is 5. The van der Waals surface area contributed by atoms with Crippen molar-refractivity contribution in [2.75, 3.05) is 35.6 Å². The van der Waals surface area contributed by atoms with Crippen LogP contribution in [0.3, 0.4) is 0 Å². The fraction of sp³-hybridized carbons (Fsp3) is 0.424. The number of nitrogens with two attached hydrogens (primary N) is 1. The normalized spacial score (nSPS) is 14.1. The molecule has 0 spiro atoms. The zero-order valence-electron chi connectivity index (χ0n) is 47.0. The Hall–Kier alpha value is -7.07. The van der Waals surface area contributed by atoms with Crippen molar-refractivity contribution in [3.05, 3.63) is 124 Å². The van der Waals surface area contributed by atoms with Crippen LogP contribution in [0.25, 0.3) is 31.9 Å². The van der Waals surface area contributed by atoms with E-state index in [1.165, 1.54) is 33.7 Å². The predicted molar refractivity (Wildman–Crippen MR) is 320 cm³/mol. The van der Waals surface area contributed by atoms with Crippen molar-refractivity contribution in [1.29, 1.82) is 0 Å². The van der Waals surface area contributed by atoms with Crippen molar-refractivity contribution in [1.82, 2.24) is 44.7 Å². The number of hydrogen-bond acceptors (Lipinski definition) is 15. The molecular weight excluding hydrogens is 1070 g/mol. The first-order valence-corrected chi connectivity index (χ1v) is 29.6. The van der Waals surface area contributed by atoms with Gasteiger partial charge in [-0.1, -0.05) is 108 Å². The largest absolute Gasteiger partial charge is 0.391 e. The summed E-state index contributed by atoms with van der Waals surface area (Å²) in [4.78, 5) is 84.2. The van der Waals surface area contributed by atoms with Crippen LogP contribution < -0.4 is 26.0 Å². The molecule has 18 nitrogen and oxygen atoms in total. The van der Waals surface area contributed by atoms with Crippen LogP contribution in [-0.4, -0.2) is 101 Å². The van der Waals surface area contributed by atoms with Gasteiger partial charge in [0, 0.05) is 86.4 Å². The number of hydrogen-bond donors (Lipinski definition) is 5. The number of amides is 5. The number of benzene rings is 2. The highest BCUT2D eigenvalue weighted by Gasteiger charge is 2.29. The molecule has 7 heterocycles. The van der Waals surface area contributed by atoms with Crippen molar-refractivity contribution in [2.45, 2.75) is 126 Å². The summed E-state index contributed by atoms with van der Waals surface area (Å²) >= 11 is 4.31. The van der Waals surface area contributed by atoms with Crippen LogP contribution in [0.5, 0.6) is 0 Å². The number of β-amino-alcohol motifs (C(OH)–C–C–N with tert-alkyl or cyclic N) is 1. The third-order valence-corrected chi connectivity index (χ3v) is 15.9. The van der Waals surface area contributed by atoms with Gasteiger partial charge in [-0.15, -0.1) is 11.3 Å². The van der Waals surface area contributed by atoms with Crippen LogP contribution in [-0.2, 0) is 40.4 Å². The molecule has 7 aromatic rings. The number of carbonyl (C=O) groups is 5. The lowest BCUT2D eigenvalue weighted by molar-refractivity contribution is -0.132. The number of likely N-dealkylation sites (tertiary alicyclic amines) is 1. The second kappa shape index (κ2) is 27.9. The van der Waals surface area contributed by atoms with Crippen LogP contribution in [0.15, 0.2) is 84.6 Å². The fourth-order valence-corrected chi connectivity index (χ4v) is 11.5. The highest BCUT2D eigenvalue weighted by molar-refractivity contribution is 7.97. The molecular formula is C59H74N12O6S3. The third-order valence-electron chi connectivity index (χ3n) is 13.2. The maximum Gasteiger partial charge on any atom is 0.280 e. The molecule has 6 N–H and O–H groups in total. The summed E-state index contributed by atoms with van der Waals surface area (Å²) in [5, 5.41) is 20.0. The SMILES string of the molecule is CC(C)(C)CC(=O)N1CCC(O)C1.Cc1c(-c2ccc(N3CCc4cccc(C(=O)Nc5nc6cccnc6s5)c4C3)nc2C(=O)NSCCCCCC(N)=O)cnn1CC(C)(C)C.Cc1ncsc1-c1ccc(CNC=O)cc1. The first-order chi connectivity index (χ1) is 38.2. The van der Waals surface area contributed by atoms with E-state index in [0.717, 1.165) is 89.2 Å². The van der Waals surface area contributed by atoms with E-state index < -0.39 is 0 Å². The highest BCUT2D eigenvalue weighted by Crippen LogP contribution is 2.34. The van der Waals surface area contributed by atoms with Crippen molar-refractivity contribution >= 4 is 86.0 Å². The third kappa shape index (κ3) is 17.2. The molecule has 1 atom stereocenters. The molecule has 2 aromatic carbocycles. The van der Waals surface area contributed by atoms with E-state index in [0.29, 0.717) is 79.0 Å². The van der Waals surface area contributed by atoms with Crippen LogP contribution in [0, 0.1) is 24.7 Å². The number of thiazole rings is 2. The number of nitrogens with zero attached hydrogens (tertiary/aromatic N) is 8. The molecule has 2 aliphatic heterocycles. The molecule has 21 heteroatoms. The second-order valence-corrected chi connectivity index (χ2v) is 25.1. The van der Waals surface area contributed by atoms with Gasteiger partial charge in [-0.05, 0) is 103 Å². The number of aromatic nitrogens is 6. The average Bonchev–Trinajstić information content (AvgIpc) is 4.32. The summed E-state index contributed by atoms with van der Waals surface area (Å²) in [5.74, 6) is 0.700. The number of aliphatic hydroxyl groups is 1. The number of anilines is 2. The van der Waals surface area contributed by atoms with Gasteiger partial charge in [-0.2, -0.15) is 5.10 Å². The number of pyridine rings is 2. The Balaban J connectivity index is 0.000000257. The number of nitrogens with one attached hydrogen (secondary N) is 3. The first kappa shape index (κ1) is 60.6. The van der Waals surface area contributed by atoms with Crippen molar-refractivity contribution < 1.29 is 29.1 Å². The molecule has 80 heavy (non-hydrogen) atoms. The van der Waals surface area contributed by atoms with Gasteiger partial charge >= 0.3 is 0 Å². The van der Waals surface area contributed by atoms with Crippen LogP contribution >= 0.6 is 34.6 Å². The summed E-state index contributed by atoms with van der Waals surface area (Å²) in [6.07, 6.45) is 8.74. The highest BCUT2D eigenvalue weighted by atomic mass is 32.2. The standard InChI is InChI=1S/C37H43N9O3S2.C12H12N2OS.C10H19NO2/c1-23-27(20-40-46(23)22-37(2,3)4)25-14-15-31(42-32(25)34(49)44-50-19-7-5-6-13-30(38)47)45-18-16-24-10-8-11-26(28(24)21-45)33(48)43-36-41-29-12-9-17-39-35(29)51-36;1-9-12(16-8-14-9)11-4-2-10(3-5-11)6-13-7-15;1-10(2,3)6-9(13)11-5-4-8(12)7-11/h8-12,14-15,17,20H,5-7,13,16,18-19,21-22H2,1-4H3,(H2,38,47)(H,44,49)(H,41,43,48);2-5,7-8H,6H2,1H3,(H,13,15);8,12H,4-7H2,1-3H3. The van der Waals surface area contributed by atoms with Gasteiger partial charge in [-0.25, -0.2) is 19.9 Å². The van der Waals surface area contributed by atoms with Gasteiger partial charge in [0.1, 0.15) is 21.9 Å². The number of rotatable bonds is 18. The van der Waals surface area contributed by atoms with Crippen LogP contribution in [0.1, 0.15) is 129 Å². The van der Waals surface area contributed by atoms with Gasteiger partial charge in [0.15, 0.2) is 5.13 Å². The van der Waals surface area contributed by atoms with Crippen molar-refractivity contribution in [2.24, 2.45) is 16.6 Å². The van der Waals surface area contributed by atoms with E-state index in [1.54, 1.807) is 22.4 Å². The Morgan fingerprint density at radius 1 is 0.887 bits per heavy atom. The Kier molecular flexibility index (Phi) is 21.1. The molecule has 1 unspecified atom stereocenters. The number of aryl methyl sites for hydroxylation is 1. The quantitative estimate of drug-likeness (QED) is 0.0306. The molecule has 1 fully saturated rings. The molecule has 5 amide bonds. The zero-order chi connectivity index (χ0) is 57.6. The minimum absolute atomic E-state index is 0.0242. The Labute approximate surface area is 480 Å². The van der Waals surface area contributed by atoms with Gasteiger partial charge in [-0.3, -0.25) is 38.7 Å². The Morgan fingerprint density at radius 2 is 1.68 bits per heavy atom. The van der Waals surface area contributed by atoms with Crippen molar-refractivity contribution in [3.63, 3.8) is 0 Å². The predicted octanol–water partition coefficient (Wildman–Crippen LogP) is 9.92. The molecule has 2 aliphatic rings. The average molecular weight is 1140 g/mol. The maximum absolute atomic E-state index is 13.8. The van der Waals surface area contributed by atoms with E-state index in [4.69, 9.17) is 10.7 Å². The summed E-state index contributed by atoms with van der Waals surface area (Å²) in [5.41, 5.74) is 16.7. The fourth-order valence-electron chi connectivity index (χ4n) is 9.17. The van der Waals surface area contributed by atoms with Gasteiger partial charge in [0.2, 0.25) is 18.2 Å². The lowest BCUT2D eigenvalue weighted by Gasteiger charge is -2.31. The summed E-state index contributed by atoms with van der Waals surface area (Å²) < 4.78 is 4.97. The van der Waals surface area contributed by atoms with Gasteiger partial charge in [0.25, 0.3) is 11.8 Å². The van der Waals surface area contributed by atoms with Gasteiger partial charge in [0.05, 0.1) is 28.4 Å². The van der Waals surface area contributed by atoms with E-state index in [9.17, 15) is 29.1 Å². The lowest BCUT2D eigenvalue weighted by atomic mass is 9.92. The van der Waals surface area contributed by atoms with E-state index in [2.05, 4.69) is 100 Å². The second-order valence-electron chi connectivity index (χ2n) is 22.4. The van der Waals surface area contributed by atoms with Gasteiger partial charge < -0.3 is 26.0 Å². The number of unbranched alkanes of at least 4 members (excludes halogenated alkanes) is 2. The number of primary amides is 1. The summed E-state index contributed by atoms with van der Waals surface area (Å²) in [7, 11) is 0. The maximum atomic E-state index is 13.8. The number of aliphatic hydroxyl groups excluding tert-OH is 1. The van der Waals surface area contributed by atoms with Crippen LogP contribution in [0.4, 0.5) is 10.9 Å². The molecule has 1 saturated heterocycles. The van der Waals surface area contributed by atoms with Crippen LogP contribution in [0.2, 0.25) is 0 Å². The smallest absolute Gasteiger partial charge is 0.280 e. The Morgan fingerprint density at radius 3 is 2.35 bits per heavy atom. The monoisotopic (exact) mass is 1140 g/mol. The first-order valence-electron chi connectivity index (χ1n) is 26.9. The minimum atomic E-state index is -0.302. The topological polar surface area (TPSA) is 244 Å². The number of fused-ring (bicyclic) bond motifs is 2. The molecule has 0 bridgehead atoms. The lowest BCUT2D eigenvalue weighted by Crippen LogP contribution is -2.33. The van der Waals surface area contributed by atoms with E-state index in [-0.39, 0.29) is 40.6 Å². The minimum Gasteiger partial charge on any atom is -0.391 e. The molecule has 0 radical (unpaired) electrons. The summed E-state index contributed by atoms with van der Waals surface area (Å²) in [6, 6.07) is 21.5. The zero-order valence-corrected chi connectivity index (χ0v) is 49.5. The molecule has 0 saturated carbocycles. The Bertz CT molecular complexity index is 3220. The van der Waals surface area contributed by atoms with Crippen molar-refractivity contribution in [3.8, 4) is 21.6 Å². The summed E-state index contributed by atoms with van der Waals surface area (Å²) in [6.45, 7) is 20.4. The molecule has 9 rings (SSSR count). The molecule has 424 valence electrons. The molecule has 0 aliphatic carbocycles.